The molecule has 1 fully saturated rings. The summed E-state index contributed by atoms with van der Waals surface area (Å²) in [5, 5.41) is 2.83. The van der Waals surface area contributed by atoms with Gasteiger partial charge in [-0.2, -0.15) is 0 Å². The molecule has 5 heteroatoms. The molecule has 0 saturated carbocycles. The Morgan fingerprint density at radius 2 is 2.24 bits per heavy atom. The zero-order valence-corrected chi connectivity index (χ0v) is 12.2. The van der Waals surface area contributed by atoms with E-state index in [-0.39, 0.29) is 17.9 Å². The highest BCUT2D eigenvalue weighted by Gasteiger charge is 2.17. The van der Waals surface area contributed by atoms with Gasteiger partial charge in [-0.1, -0.05) is 13.0 Å². The molecule has 116 valence electrons. The molecule has 1 aliphatic heterocycles. The lowest BCUT2D eigenvalue weighted by atomic mass is 10.0. The first-order valence-corrected chi connectivity index (χ1v) is 7.39. The highest BCUT2D eigenvalue weighted by Crippen LogP contribution is 2.18. The maximum absolute atomic E-state index is 13.2. The maximum atomic E-state index is 13.2. The van der Waals surface area contributed by atoms with E-state index in [4.69, 9.17) is 4.74 Å². The van der Waals surface area contributed by atoms with Crippen molar-refractivity contribution in [3.05, 3.63) is 35.4 Å². The molecular weight excluding hydrogens is 276 g/mol. The van der Waals surface area contributed by atoms with E-state index in [1.807, 2.05) is 6.92 Å². The number of ether oxygens (including phenoxy) is 1. The van der Waals surface area contributed by atoms with Crippen LogP contribution in [0.5, 0.6) is 0 Å². The molecule has 0 aliphatic carbocycles. The predicted molar refractivity (Wildman–Crippen MR) is 76.0 cm³/mol. The van der Waals surface area contributed by atoms with Gasteiger partial charge in [0.15, 0.2) is 11.6 Å². The van der Waals surface area contributed by atoms with Crippen LogP contribution in [0.3, 0.4) is 0 Å². The molecule has 1 heterocycles. The Hall–Kier alpha value is -1.49. The molecule has 1 aliphatic rings. The molecule has 21 heavy (non-hydrogen) atoms. The van der Waals surface area contributed by atoms with Crippen LogP contribution in [0.1, 0.15) is 44.1 Å². The van der Waals surface area contributed by atoms with Crippen molar-refractivity contribution in [2.45, 2.75) is 44.6 Å². The van der Waals surface area contributed by atoms with E-state index in [1.165, 1.54) is 6.07 Å². The lowest BCUT2D eigenvalue weighted by Gasteiger charge is -2.14. The number of hydrogen-bond donors (Lipinski definition) is 1. The SMILES string of the molecule is CC(CNC(=O)CCC1CCCO1)c1ccc(F)c(F)c1. The lowest BCUT2D eigenvalue weighted by Crippen LogP contribution is -2.28. The Balaban J connectivity index is 1.73. The van der Waals surface area contributed by atoms with Gasteiger partial charge in [-0.05, 0) is 42.9 Å². The van der Waals surface area contributed by atoms with Crippen molar-refractivity contribution in [2.24, 2.45) is 0 Å². The molecule has 1 aromatic rings. The van der Waals surface area contributed by atoms with Gasteiger partial charge in [0.1, 0.15) is 0 Å². The summed E-state index contributed by atoms with van der Waals surface area (Å²) in [5.74, 6) is -1.80. The van der Waals surface area contributed by atoms with Crippen LogP contribution >= 0.6 is 0 Å². The summed E-state index contributed by atoms with van der Waals surface area (Å²) < 4.78 is 31.5. The summed E-state index contributed by atoms with van der Waals surface area (Å²) >= 11 is 0. The van der Waals surface area contributed by atoms with E-state index in [1.54, 1.807) is 6.07 Å². The first kappa shape index (κ1) is 15.9. The topological polar surface area (TPSA) is 38.3 Å². The van der Waals surface area contributed by atoms with Gasteiger partial charge in [0.05, 0.1) is 6.10 Å². The minimum absolute atomic E-state index is 0.0278. The quantitative estimate of drug-likeness (QED) is 0.876. The number of carbonyl (C=O) groups is 1. The molecule has 1 N–H and O–H groups in total. The Labute approximate surface area is 123 Å². The molecule has 0 aromatic heterocycles. The minimum Gasteiger partial charge on any atom is -0.378 e. The molecule has 1 amide bonds. The highest BCUT2D eigenvalue weighted by molar-refractivity contribution is 5.75. The van der Waals surface area contributed by atoms with Gasteiger partial charge in [-0.3, -0.25) is 4.79 Å². The van der Waals surface area contributed by atoms with Crippen LogP contribution in [0, 0.1) is 11.6 Å². The Morgan fingerprint density at radius 1 is 1.43 bits per heavy atom. The fourth-order valence-electron chi connectivity index (χ4n) is 2.46. The Bertz CT molecular complexity index is 487. The summed E-state index contributed by atoms with van der Waals surface area (Å²) in [6, 6.07) is 3.83. The fraction of sp³-hybridized carbons (Fsp3) is 0.562. The number of halogens is 2. The van der Waals surface area contributed by atoms with Crippen molar-refractivity contribution in [1.82, 2.24) is 5.32 Å². The number of carbonyl (C=O) groups excluding carboxylic acids is 1. The lowest BCUT2D eigenvalue weighted by molar-refractivity contribution is -0.121. The molecule has 2 rings (SSSR count). The largest absolute Gasteiger partial charge is 0.378 e. The average molecular weight is 297 g/mol. The van der Waals surface area contributed by atoms with Crippen LogP contribution in [0.2, 0.25) is 0 Å². The van der Waals surface area contributed by atoms with Crippen molar-refractivity contribution in [3.63, 3.8) is 0 Å². The van der Waals surface area contributed by atoms with E-state index in [9.17, 15) is 13.6 Å². The molecule has 3 nitrogen and oxygen atoms in total. The van der Waals surface area contributed by atoms with E-state index in [0.29, 0.717) is 18.5 Å². The van der Waals surface area contributed by atoms with E-state index < -0.39 is 11.6 Å². The third kappa shape index (κ3) is 4.77. The van der Waals surface area contributed by atoms with Crippen LogP contribution in [-0.4, -0.2) is 25.2 Å². The molecule has 0 radical (unpaired) electrons. The van der Waals surface area contributed by atoms with Gasteiger partial charge in [0.25, 0.3) is 0 Å². The summed E-state index contributed by atoms with van der Waals surface area (Å²) in [4.78, 5) is 11.8. The first-order valence-electron chi connectivity index (χ1n) is 7.39. The van der Waals surface area contributed by atoms with Gasteiger partial charge in [0.2, 0.25) is 5.91 Å². The normalized spacial score (nSPS) is 19.5. The molecule has 0 bridgehead atoms. The summed E-state index contributed by atoms with van der Waals surface area (Å²) in [5.41, 5.74) is 0.674. The number of hydrogen-bond acceptors (Lipinski definition) is 2. The smallest absolute Gasteiger partial charge is 0.220 e. The second-order valence-electron chi connectivity index (χ2n) is 5.55. The van der Waals surface area contributed by atoms with Gasteiger partial charge in [-0.25, -0.2) is 8.78 Å². The zero-order valence-electron chi connectivity index (χ0n) is 12.2. The van der Waals surface area contributed by atoms with Crippen molar-refractivity contribution in [3.8, 4) is 0 Å². The number of rotatable bonds is 6. The molecule has 2 atom stereocenters. The molecular formula is C16H21F2NO2. The third-order valence-corrected chi connectivity index (χ3v) is 3.84. The number of nitrogens with one attached hydrogen (secondary N) is 1. The second-order valence-corrected chi connectivity index (χ2v) is 5.55. The van der Waals surface area contributed by atoms with Gasteiger partial charge >= 0.3 is 0 Å². The Kier molecular flexibility index (Phi) is 5.67. The van der Waals surface area contributed by atoms with Gasteiger partial charge in [0, 0.05) is 19.6 Å². The summed E-state index contributed by atoms with van der Waals surface area (Å²) in [6.45, 7) is 3.07. The average Bonchev–Trinajstić information content (AvgIpc) is 2.98. The summed E-state index contributed by atoms with van der Waals surface area (Å²) in [7, 11) is 0. The van der Waals surface area contributed by atoms with Crippen LogP contribution in [0.4, 0.5) is 8.78 Å². The standard InChI is InChI=1S/C16H21F2NO2/c1-11(12-4-6-14(17)15(18)9-12)10-19-16(20)7-5-13-3-2-8-21-13/h4,6,9,11,13H,2-3,5,7-8,10H2,1H3,(H,19,20). The van der Waals surface area contributed by atoms with Crippen LogP contribution in [-0.2, 0) is 9.53 Å². The van der Waals surface area contributed by atoms with Gasteiger partial charge in [-0.15, -0.1) is 0 Å². The molecule has 2 unspecified atom stereocenters. The van der Waals surface area contributed by atoms with Crippen LogP contribution in [0.25, 0.3) is 0 Å². The van der Waals surface area contributed by atoms with Crippen molar-refractivity contribution in [2.75, 3.05) is 13.2 Å². The monoisotopic (exact) mass is 297 g/mol. The first-order chi connectivity index (χ1) is 10.1. The van der Waals surface area contributed by atoms with Crippen molar-refractivity contribution >= 4 is 5.91 Å². The highest BCUT2D eigenvalue weighted by atomic mass is 19.2. The third-order valence-electron chi connectivity index (χ3n) is 3.84. The fourth-order valence-corrected chi connectivity index (χ4v) is 2.46. The maximum Gasteiger partial charge on any atom is 0.220 e. The van der Waals surface area contributed by atoms with E-state index in [0.717, 1.165) is 31.9 Å². The predicted octanol–water partition coefficient (Wildman–Crippen LogP) is 3.14. The number of benzene rings is 1. The molecule has 0 spiro atoms. The van der Waals surface area contributed by atoms with Crippen LogP contribution < -0.4 is 5.32 Å². The van der Waals surface area contributed by atoms with Crippen LogP contribution in [0.15, 0.2) is 18.2 Å². The van der Waals surface area contributed by atoms with E-state index >= 15 is 0 Å². The minimum atomic E-state index is -0.857. The van der Waals surface area contributed by atoms with Crippen molar-refractivity contribution in [1.29, 1.82) is 0 Å². The summed E-state index contributed by atoms with van der Waals surface area (Å²) in [6.07, 6.45) is 3.48. The van der Waals surface area contributed by atoms with E-state index in [2.05, 4.69) is 5.32 Å². The molecule has 1 saturated heterocycles. The number of amides is 1. The van der Waals surface area contributed by atoms with Crippen molar-refractivity contribution < 1.29 is 18.3 Å². The second kappa shape index (κ2) is 7.50. The van der Waals surface area contributed by atoms with Gasteiger partial charge < -0.3 is 10.1 Å². The molecule has 1 aromatic carbocycles. The zero-order chi connectivity index (χ0) is 15.2. The Morgan fingerprint density at radius 3 is 2.90 bits per heavy atom.